The van der Waals surface area contributed by atoms with Crippen molar-refractivity contribution in [3.8, 4) is 11.8 Å². The zero-order chi connectivity index (χ0) is 39.9. The number of rotatable bonds is 17. The molecule has 16 nitrogen and oxygen atoms in total. The van der Waals surface area contributed by atoms with E-state index < -0.39 is 11.9 Å². The molecule has 2 fully saturated rings. The summed E-state index contributed by atoms with van der Waals surface area (Å²) in [5.74, 6) is 0.298. The third-order valence-corrected chi connectivity index (χ3v) is 10.6. The molecule has 0 saturated carbocycles. The van der Waals surface area contributed by atoms with E-state index >= 15 is 0 Å². The van der Waals surface area contributed by atoms with Gasteiger partial charge in [0.1, 0.15) is 24.5 Å². The number of imide groups is 1. The Morgan fingerprint density at radius 2 is 1.79 bits per heavy atom. The van der Waals surface area contributed by atoms with Crippen LogP contribution >= 0.6 is 0 Å². The molecular weight excluding hydrogens is 731 g/mol. The summed E-state index contributed by atoms with van der Waals surface area (Å²) in [7, 11) is 2.12. The first-order valence-electron chi connectivity index (χ1n) is 19.8. The second kappa shape index (κ2) is 18.1. The van der Waals surface area contributed by atoms with Gasteiger partial charge < -0.3 is 34.6 Å². The first-order valence-corrected chi connectivity index (χ1v) is 19.8. The molecule has 16 heteroatoms. The number of carbonyl (C=O) groups excluding carboxylic acids is 4. The van der Waals surface area contributed by atoms with Crippen LogP contribution in [0, 0.1) is 0 Å². The van der Waals surface area contributed by atoms with Gasteiger partial charge in [0.2, 0.25) is 23.7 Å². The SMILES string of the molecule is CC(C)c1cnn2c(NCc3ccc(NC(=O)CCCCOCCOc4cccc5c4CN(C4CCC(=O)NC4=O)C5=O)cc3)nc(OC3CCN(C)CC3)nc12. The standard InChI is InChI=1S/C41H51N9O7/c1-26(2)31-24-43-50-37(31)46-41(57-29-16-18-48(3)19-17-29)47-40(50)42-23-27-10-12-28(13-11-27)44-35(51)9-4-5-20-55-21-22-56-34-8-6-7-30-32(34)25-49(39(30)54)33-14-15-36(52)45-38(33)53/h6-8,10-13,24,26,29,33H,4-5,9,14-23,25H2,1-3H3,(H,44,51)(H,42,46,47)(H,45,52,53). The molecule has 5 heterocycles. The molecule has 0 radical (unpaired) electrons. The lowest BCUT2D eigenvalue weighted by Crippen LogP contribution is -2.52. The Balaban J connectivity index is 0.808. The number of nitrogens with zero attached hydrogens (tertiary/aromatic N) is 6. The number of piperidine rings is 2. The first-order chi connectivity index (χ1) is 27.6. The van der Waals surface area contributed by atoms with Crippen molar-refractivity contribution in [1.82, 2.24) is 34.7 Å². The van der Waals surface area contributed by atoms with Gasteiger partial charge in [-0.1, -0.05) is 32.0 Å². The van der Waals surface area contributed by atoms with E-state index in [1.807, 2.05) is 30.5 Å². The fourth-order valence-corrected chi connectivity index (χ4v) is 7.31. The molecule has 2 saturated heterocycles. The van der Waals surface area contributed by atoms with Crippen molar-refractivity contribution < 1.29 is 33.4 Å². The average Bonchev–Trinajstić information content (AvgIpc) is 3.78. The summed E-state index contributed by atoms with van der Waals surface area (Å²) in [4.78, 5) is 62.9. The average molecular weight is 782 g/mol. The lowest BCUT2D eigenvalue weighted by Gasteiger charge is -2.29. The van der Waals surface area contributed by atoms with Gasteiger partial charge in [-0.2, -0.15) is 19.6 Å². The van der Waals surface area contributed by atoms with E-state index in [1.54, 1.807) is 22.7 Å². The number of unbranched alkanes of at least 4 members (excludes halogenated alkanes) is 1. The minimum Gasteiger partial charge on any atom is -0.491 e. The van der Waals surface area contributed by atoms with Gasteiger partial charge in [0.15, 0.2) is 5.65 Å². The van der Waals surface area contributed by atoms with Crippen LogP contribution in [0.2, 0.25) is 0 Å². The zero-order valence-corrected chi connectivity index (χ0v) is 32.8. The maximum Gasteiger partial charge on any atom is 0.322 e. The van der Waals surface area contributed by atoms with Gasteiger partial charge in [-0.3, -0.25) is 24.5 Å². The molecular formula is C41H51N9O7. The molecule has 2 aromatic carbocycles. The lowest BCUT2D eigenvalue weighted by atomic mass is 10.0. The molecule has 3 aliphatic rings. The van der Waals surface area contributed by atoms with E-state index in [0.717, 1.165) is 54.0 Å². The van der Waals surface area contributed by atoms with E-state index in [4.69, 9.17) is 24.2 Å². The Morgan fingerprint density at radius 3 is 2.56 bits per heavy atom. The largest absolute Gasteiger partial charge is 0.491 e. The van der Waals surface area contributed by atoms with Gasteiger partial charge in [0, 0.05) is 61.5 Å². The molecule has 0 aliphatic carbocycles. The monoisotopic (exact) mass is 781 g/mol. The van der Waals surface area contributed by atoms with Gasteiger partial charge in [-0.05, 0) is 74.9 Å². The lowest BCUT2D eigenvalue weighted by molar-refractivity contribution is -0.137. The molecule has 0 spiro atoms. The number of fused-ring (bicyclic) bond motifs is 2. The van der Waals surface area contributed by atoms with Crippen LogP contribution in [0.5, 0.6) is 11.8 Å². The van der Waals surface area contributed by atoms with Crippen LogP contribution in [0.15, 0.2) is 48.7 Å². The number of carbonyl (C=O) groups is 4. The number of ether oxygens (including phenoxy) is 3. The van der Waals surface area contributed by atoms with E-state index in [-0.39, 0.29) is 49.3 Å². The Kier molecular flexibility index (Phi) is 12.6. The number of hydrogen-bond acceptors (Lipinski definition) is 12. The summed E-state index contributed by atoms with van der Waals surface area (Å²) in [5, 5.41) is 13.3. The Morgan fingerprint density at radius 1 is 0.982 bits per heavy atom. The predicted molar refractivity (Wildman–Crippen MR) is 211 cm³/mol. The van der Waals surface area contributed by atoms with E-state index in [9.17, 15) is 19.2 Å². The highest BCUT2D eigenvalue weighted by Gasteiger charge is 2.40. The smallest absolute Gasteiger partial charge is 0.322 e. The van der Waals surface area contributed by atoms with Gasteiger partial charge >= 0.3 is 6.01 Å². The van der Waals surface area contributed by atoms with Crippen LogP contribution < -0.4 is 25.4 Å². The van der Waals surface area contributed by atoms with Crippen molar-refractivity contribution in [2.45, 2.75) is 89.9 Å². The predicted octanol–water partition coefficient (Wildman–Crippen LogP) is 4.30. The van der Waals surface area contributed by atoms with E-state index in [0.29, 0.717) is 68.7 Å². The molecule has 4 amide bonds. The van der Waals surface area contributed by atoms with E-state index in [2.05, 4.69) is 46.8 Å². The van der Waals surface area contributed by atoms with Crippen LogP contribution in [0.25, 0.3) is 5.65 Å². The fourth-order valence-electron chi connectivity index (χ4n) is 7.31. The van der Waals surface area contributed by atoms with Gasteiger partial charge in [0.05, 0.1) is 19.3 Å². The number of aromatic nitrogens is 4. The Hall–Kier alpha value is -5.61. The summed E-state index contributed by atoms with van der Waals surface area (Å²) in [6.45, 7) is 8.04. The minimum absolute atomic E-state index is 0.0665. The number of likely N-dealkylation sites (tertiary alicyclic amines) is 1. The molecule has 302 valence electrons. The van der Waals surface area contributed by atoms with E-state index in [1.165, 1.54) is 4.90 Å². The topological polar surface area (TPSA) is 182 Å². The maximum atomic E-state index is 13.0. The summed E-state index contributed by atoms with van der Waals surface area (Å²) >= 11 is 0. The molecule has 57 heavy (non-hydrogen) atoms. The minimum atomic E-state index is -0.677. The van der Waals surface area contributed by atoms with Crippen LogP contribution in [-0.4, -0.2) is 105 Å². The van der Waals surface area contributed by atoms with Crippen molar-refractivity contribution in [2.75, 3.05) is 50.6 Å². The number of hydrogen-bond donors (Lipinski definition) is 3. The molecule has 4 aromatic rings. The quantitative estimate of drug-likeness (QED) is 0.102. The number of amides is 4. The highest BCUT2D eigenvalue weighted by atomic mass is 16.5. The van der Waals surface area contributed by atoms with Crippen molar-refractivity contribution in [2.24, 2.45) is 0 Å². The zero-order valence-electron chi connectivity index (χ0n) is 32.8. The number of anilines is 2. The van der Waals surface area contributed by atoms with Gasteiger partial charge in [0.25, 0.3) is 5.91 Å². The molecule has 2 aromatic heterocycles. The van der Waals surface area contributed by atoms with Crippen LogP contribution in [0.3, 0.4) is 0 Å². The normalized spacial score (nSPS) is 17.6. The second-order valence-electron chi connectivity index (χ2n) is 15.1. The van der Waals surface area contributed by atoms with Crippen molar-refractivity contribution >= 4 is 40.9 Å². The Bertz CT molecular complexity index is 2080. The number of benzene rings is 2. The third kappa shape index (κ3) is 9.68. The third-order valence-electron chi connectivity index (χ3n) is 10.6. The molecule has 7 rings (SSSR count). The van der Waals surface area contributed by atoms with Crippen LogP contribution in [0.1, 0.15) is 91.8 Å². The summed E-state index contributed by atoms with van der Waals surface area (Å²) < 4.78 is 19.7. The molecule has 3 N–H and O–H groups in total. The van der Waals surface area contributed by atoms with Crippen molar-refractivity contribution in [3.63, 3.8) is 0 Å². The fraction of sp³-hybridized carbons (Fsp3) is 0.488. The van der Waals surface area contributed by atoms with Crippen molar-refractivity contribution in [1.29, 1.82) is 0 Å². The van der Waals surface area contributed by atoms with Gasteiger partial charge in [-0.15, -0.1) is 0 Å². The first kappa shape index (κ1) is 39.6. The molecule has 1 atom stereocenters. The highest BCUT2D eigenvalue weighted by Crippen LogP contribution is 2.33. The van der Waals surface area contributed by atoms with Crippen LogP contribution in [-0.2, 0) is 32.2 Å². The summed E-state index contributed by atoms with van der Waals surface area (Å²) in [5.41, 5.74) is 4.72. The summed E-state index contributed by atoms with van der Waals surface area (Å²) in [6, 6.07) is 12.7. The molecule has 0 bridgehead atoms. The molecule has 1 unspecified atom stereocenters. The van der Waals surface area contributed by atoms with Crippen LogP contribution in [0.4, 0.5) is 11.6 Å². The second-order valence-corrected chi connectivity index (χ2v) is 15.1. The maximum absolute atomic E-state index is 13.0. The molecule has 3 aliphatic heterocycles. The van der Waals surface area contributed by atoms with Gasteiger partial charge in [-0.25, -0.2) is 0 Å². The summed E-state index contributed by atoms with van der Waals surface area (Å²) in [6.07, 6.45) is 6.03. The highest BCUT2D eigenvalue weighted by molar-refractivity contribution is 6.05. The van der Waals surface area contributed by atoms with Crippen molar-refractivity contribution in [3.05, 3.63) is 70.9 Å². The number of nitrogens with one attached hydrogen (secondary N) is 3. The Labute approximate surface area is 331 Å².